The average molecular weight is 380 g/mol. The lowest BCUT2D eigenvalue weighted by Gasteiger charge is -2.06. The first-order valence-electron chi connectivity index (χ1n) is 8.02. The number of thiophene rings is 1. The van der Waals surface area contributed by atoms with Gasteiger partial charge in [-0.2, -0.15) is 5.26 Å². The van der Waals surface area contributed by atoms with E-state index in [0.717, 1.165) is 28.0 Å². The molecule has 0 radical (unpaired) electrons. The van der Waals surface area contributed by atoms with Gasteiger partial charge in [-0.3, -0.25) is 4.79 Å². The molecule has 0 aliphatic heterocycles. The van der Waals surface area contributed by atoms with E-state index in [0.29, 0.717) is 21.8 Å². The second-order valence-electron chi connectivity index (χ2n) is 5.92. The molecule has 27 heavy (non-hydrogen) atoms. The average Bonchev–Trinajstić information content (AvgIpc) is 2.96. The number of carbonyl (C=O) groups excluding carboxylic acids is 2. The highest BCUT2D eigenvalue weighted by Crippen LogP contribution is 2.35. The van der Waals surface area contributed by atoms with E-state index < -0.39 is 18.5 Å². The molecule has 0 saturated heterocycles. The topological polar surface area (TPSA) is 118 Å². The summed E-state index contributed by atoms with van der Waals surface area (Å²) in [7, 11) is 0. The number of esters is 1. The maximum Gasteiger partial charge on any atom is 0.351 e. The number of nitrogen functional groups attached to an aromatic ring is 1. The number of hydrogen-bond acceptors (Lipinski definition) is 7. The number of nitrogens with two attached hydrogens (primary N) is 1. The van der Waals surface area contributed by atoms with Crippen LogP contribution in [0.3, 0.4) is 0 Å². The summed E-state index contributed by atoms with van der Waals surface area (Å²) in [5.41, 5.74) is 9.04. The molecule has 2 aromatic heterocycles. The van der Waals surface area contributed by atoms with Crippen molar-refractivity contribution in [2.24, 2.45) is 0 Å². The molecule has 0 spiro atoms. The van der Waals surface area contributed by atoms with E-state index in [1.54, 1.807) is 18.2 Å². The number of amides is 1. The molecule has 0 fully saturated rings. The number of ether oxygens (including phenoxy) is 1. The predicted molar refractivity (Wildman–Crippen MR) is 104 cm³/mol. The highest BCUT2D eigenvalue weighted by Gasteiger charge is 2.21. The number of anilines is 2. The summed E-state index contributed by atoms with van der Waals surface area (Å²) in [5.74, 6) is -1.18. The molecule has 0 aliphatic carbocycles. The van der Waals surface area contributed by atoms with E-state index in [1.165, 1.54) is 6.07 Å². The summed E-state index contributed by atoms with van der Waals surface area (Å²) < 4.78 is 5.09. The van der Waals surface area contributed by atoms with Crippen LogP contribution in [-0.4, -0.2) is 23.5 Å². The monoisotopic (exact) mass is 380 g/mol. The number of nitriles is 1. The summed E-state index contributed by atoms with van der Waals surface area (Å²) >= 11 is 1.14. The van der Waals surface area contributed by atoms with Crippen molar-refractivity contribution in [3.63, 3.8) is 0 Å². The lowest BCUT2D eigenvalue weighted by atomic mass is 10.1. The van der Waals surface area contributed by atoms with Crippen LogP contribution < -0.4 is 11.1 Å². The number of aromatic nitrogens is 1. The molecular formula is C19H16N4O3S. The second kappa shape index (κ2) is 7.43. The minimum Gasteiger partial charge on any atom is -0.451 e. The number of rotatable bonds is 4. The van der Waals surface area contributed by atoms with Crippen LogP contribution in [0.15, 0.2) is 30.3 Å². The summed E-state index contributed by atoms with van der Waals surface area (Å²) in [5, 5.41) is 12.2. The number of fused-ring (bicyclic) bond motifs is 1. The first-order valence-corrected chi connectivity index (χ1v) is 8.84. The number of pyridine rings is 1. The molecule has 3 rings (SSSR count). The Hall–Kier alpha value is -3.44. The largest absolute Gasteiger partial charge is 0.451 e. The fraction of sp³-hybridized carbons (Fsp3) is 0.158. The molecule has 8 heteroatoms. The molecule has 1 amide bonds. The van der Waals surface area contributed by atoms with Gasteiger partial charge >= 0.3 is 5.97 Å². The molecule has 0 bridgehead atoms. The summed E-state index contributed by atoms with van der Waals surface area (Å²) in [6.07, 6.45) is 0. The SMILES string of the molecule is Cc1cc(C)c2c(N)c(C(=O)OCC(=O)Nc3cccc(C#N)c3)sc2n1. The zero-order valence-electron chi connectivity index (χ0n) is 14.7. The normalized spacial score (nSPS) is 10.4. The van der Waals surface area contributed by atoms with Crippen LogP contribution in [0.5, 0.6) is 0 Å². The Morgan fingerprint density at radius 3 is 2.85 bits per heavy atom. The van der Waals surface area contributed by atoms with Crippen molar-refractivity contribution < 1.29 is 14.3 Å². The fourth-order valence-electron chi connectivity index (χ4n) is 2.68. The van der Waals surface area contributed by atoms with E-state index in [-0.39, 0.29) is 4.88 Å². The third-order valence-electron chi connectivity index (χ3n) is 3.82. The standard InChI is InChI=1S/C19H16N4O3S/c1-10-6-11(2)22-18-15(10)16(21)17(27-18)19(25)26-9-14(24)23-13-5-3-4-12(7-13)8-20/h3-7H,9,21H2,1-2H3,(H,23,24). The first-order chi connectivity index (χ1) is 12.9. The van der Waals surface area contributed by atoms with Crippen molar-refractivity contribution in [1.82, 2.24) is 4.98 Å². The molecule has 0 aliphatic rings. The van der Waals surface area contributed by atoms with E-state index in [2.05, 4.69) is 10.3 Å². The third kappa shape index (κ3) is 3.88. The van der Waals surface area contributed by atoms with Gasteiger partial charge in [0.05, 0.1) is 17.3 Å². The zero-order valence-corrected chi connectivity index (χ0v) is 15.5. The van der Waals surface area contributed by atoms with Crippen molar-refractivity contribution in [1.29, 1.82) is 5.26 Å². The van der Waals surface area contributed by atoms with Gasteiger partial charge in [-0.05, 0) is 43.7 Å². The van der Waals surface area contributed by atoms with Crippen molar-refractivity contribution >= 4 is 44.8 Å². The third-order valence-corrected chi connectivity index (χ3v) is 4.90. The van der Waals surface area contributed by atoms with Crippen LogP contribution >= 0.6 is 11.3 Å². The Morgan fingerprint density at radius 2 is 2.11 bits per heavy atom. The molecule has 1 aromatic carbocycles. The number of nitrogens with one attached hydrogen (secondary N) is 1. The van der Waals surface area contributed by atoms with Crippen LogP contribution in [0.1, 0.15) is 26.5 Å². The summed E-state index contributed by atoms with van der Waals surface area (Å²) in [6.45, 7) is 3.30. The Balaban J connectivity index is 1.70. The second-order valence-corrected chi connectivity index (χ2v) is 6.92. The number of aryl methyl sites for hydroxylation is 2. The number of carbonyl (C=O) groups is 2. The molecular weight excluding hydrogens is 364 g/mol. The predicted octanol–water partition coefficient (Wildman–Crippen LogP) is 3.16. The number of hydrogen-bond donors (Lipinski definition) is 2. The van der Waals surface area contributed by atoms with Crippen molar-refractivity contribution in [2.75, 3.05) is 17.7 Å². The van der Waals surface area contributed by atoms with Gasteiger partial charge in [0.15, 0.2) is 6.61 Å². The number of nitrogens with zero attached hydrogens (tertiary/aromatic N) is 2. The van der Waals surface area contributed by atoms with Gasteiger partial charge < -0.3 is 15.8 Å². The molecule has 0 saturated carbocycles. The van der Waals surface area contributed by atoms with Crippen LogP contribution in [0.2, 0.25) is 0 Å². The highest BCUT2D eigenvalue weighted by molar-refractivity contribution is 7.21. The Kier molecular flexibility index (Phi) is 5.05. The minimum atomic E-state index is -0.673. The van der Waals surface area contributed by atoms with E-state index in [9.17, 15) is 9.59 Å². The summed E-state index contributed by atoms with van der Waals surface area (Å²) in [4.78, 5) is 29.6. The van der Waals surface area contributed by atoms with Crippen LogP contribution in [0.25, 0.3) is 10.2 Å². The van der Waals surface area contributed by atoms with Crippen LogP contribution in [0.4, 0.5) is 11.4 Å². The first kappa shape index (κ1) is 18.4. The van der Waals surface area contributed by atoms with Crippen molar-refractivity contribution in [3.05, 3.63) is 52.0 Å². The zero-order chi connectivity index (χ0) is 19.6. The molecule has 3 aromatic rings. The van der Waals surface area contributed by atoms with Crippen LogP contribution in [0, 0.1) is 25.2 Å². The maximum atomic E-state index is 12.3. The lowest BCUT2D eigenvalue weighted by Crippen LogP contribution is -2.21. The maximum absolute atomic E-state index is 12.3. The molecule has 7 nitrogen and oxygen atoms in total. The van der Waals surface area contributed by atoms with E-state index in [1.807, 2.05) is 26.0 Å². The Bertz CT molecular complexity index is 1100. The van der Waals surface area contributed by atoms with Gasteiger partial charge in [0.2, 0.25) is 0 Å². The van der Waals surface area contributed by atoms with Crippen molar-refractivity contribution in [2.45, 2.75) is 13.8 Å². The smallest absolute Gasteiger partial charge is 0.351 e. The van der Waals surface area contributed by atoms with Gasteiger partial charge in [0, 0.05) is 16.8 Å². The van der Waals surface area contributed by atoms with Gasteiger partial charge in [-0.1, -0.05) is 6.07 Å². The molecule has 136 valence electrons. The fourth-order valence-corrected chi connectivity index (χ4v) is 3.79. The minimum absolute atomic E-state index is 0.227. The van der Waals surface area contributed by atoms with Gasteiger partial charge in [0.25, 0.3) is 5.91 Å². The molecule has 0 unspecified atom stereocenters. The Morgan fingerprint density at radius 1 is 1.33 bits per heavy atom. The highest BCUT2D eigenvalue weighted by atomic mass is 32.1. The van der Waals surface area contributed by atoms with Crippen LogP contribution in [-0.2, 0) is 9.53 Å². The number of benzene rings is 1. The van der Waals surface area contributed by atoms with Gasteiger partial charge in [0.1, 0.15) is 9.71 Å². The summed E-state index contributed by atoms with van der Waals surface area (Å²) in [6, 6.07) is 10.3. The van der Waals surface area contributed by atoms with Gasteiger partial charge in [-0.25, -0.2) is 9.78 Å². The quantitative estimate of drug-likeness (QED) is 0.671. The van der Waals surface area contributed by atoms with Gasteiger partial charge in [-0.15, -0.1) is 11.3 Å². The molecule has 2 heterocycles. The van der Waals surface area contributed by atoms with E-state index in [4.69, 9.17) is 15.7 Å². The molecule has 3 N–H and O–H groups in total. The molecule has 0 atom stereocenters. The van der Waals surface area contributed by atoms with E-state index >= 15 is 0 Å². The Labute approximate surface area is 159 Å². The lowest BCUT2D eigenvalue weighted by molar-refractivity contribution is -0.119. The van der Waals surface area contributed by atoms with Crippen molar-refractivity contribution in [3.8, 4) is 6.07 Å².